The standard InChI is InChI=1S/C38H50O2/c1-10-38(9,26-12-14-29(2)3)27-24-33-19-21-34(22-20-33)40-36(39)28-31(5)16-11-15-30(4)18-23-35-32(6)17-13-25-37(35,7)8/h10-11,14-16,18-24,27-28H,1,12-13,17,25-26H2,2-9H3/b16-11+,23-18+,27-24+,30-15+,31-28-. The average molecular weight is 539 g/mol. The third-order valence-corrected chi connectivity index (χ3v) is 7.58. The molecule has 1 atom stereocenters. The summed E-state index contributed by atoms with van der Waals surface area (Å²) in [5.41, 5.74) is 7.53. The fourth-order valence-corrected chi connectivity index (χ4v) is 4.87. The Morgan fingerprint density at radius 2 is 1.75 bits per heavy atom. The third kappa shape index (κ3) is 11.4. The van der Waals surface area contributed by atoms with Gasteiger partial charge in [-0.15, -0.1) is 6.58 Å². The van der Waals surface area contributed by atoms with Crippen molar-refractivity contribution >= 4 is 12.0 Å². The Bertz CT molecular complexity index is 1230. The van der Waals surface area contributed by atoms with Crippen LogP contribution >= 0.6 is 0 Å². The number of carbonyl (C=O) groups is 1. The maximum absolute atomic E-state index is 12.4. The summed E-state index contributed by atoms with van der Waals surface area (Å²) in [6, 6.07) is 7.58. The minimum absolute atomic E-state index is 0.0696. The molecule has 0 saturated carbocycles. The Kier molecular flexibility index (Phi) is 12.6. The highest BCUT2D eigenvalue weighted by Gasteiger charge is 2.26. The number of ether oxygens (including phenoxy) is 1. The van der Waals surface area contributed by atoms with Gasteiger partial charge in [0.25, 0.3) is 0 Å². The number of benzene rings is 1. The van der Waals surface area contributed by atoms with E-state index in [1.165, 1.54) is 47.6 Å². The van der Waals surface area contributed by atoms with E-state index in [0.717, 1.165) is 24.0 Å². The zero-order chi connectivity index (χ0) is 29.8. The van der Waals surface area contributed by atoms with Crippen LogP contribution < -0.4 is 4.74 Å². The van der Waals surface area contributed by atoms with Gasteiger partial charge < -0.3 is 4.74 Å². The number of rotatable bonds is 12. The number of carbonyl (C=O) groups excluding carboxylic acids is 1. The van der Waals surface area contributed by atoms with Crippen molar-refractivity contribution in [1.82, 2.24) is 0 Å². The number of allylic oxidation sites excluding steroid dienone is 13. The van der Waals surface area contributed by atoms with Crippen molar-refractivity contribution in [1.29, 1.82) is 0 Å². The Labute approximate surface area is 244 Å². The van der Waals surface area contributed by atoms with E-state index in [1.54, 1.807) is 0 Å². The molecule has 0 fully saturated rings. The van der Waals surface area contributed by atoms with Crippen LogP contribution in [0.3, 0.4) is 0 Å². The molecule has 0 radical (unpaired) electrons. The second-order valence-electron chi connectivity index (χ2n) is 12.3. The van der Waals surface area contributed by atoms with Crippen LogP contribution in [-0.2, 0) is 4.79 Å². The Hall–Kier alpha value is -3.39. The van der Waals surface area contributed by atoms with Crippen molar-refractivity contribution in [2.24, 2.45) is 10.8 Å². The van der Waals surface area contributed by atoms with E-state index in [4.69, 9.17) is 4.74 Å². The maximum Gasteiger partial charge on any atom is 0.336 e. The average Bonchev–Trinajstić information content (AvgIpc) is 2.87. The first-order valence-corrected chi connectivity index (χ1v) is 14.5. The summed E-state index contributed by atoms with van der Waals surface area (Å²) in [4.78, 5) is 12.4. The van der Waals surface area contributed by atoms with Gasteiger partial charge in [-0.3, -0.25) is 0 Å². The quantitative estimate of drug-likeness (QED) is 0.0869. The summed E-state index contributed by atoms with van der Waals surface area (Å²) in [7, 11) is 0. The smallest absolute Gasteiger partial charge is 0.336 e. The van der Waals surface area contributed by atoms with Gasteiger partial charge in [-0.25, -0.2) is 4.79 Å². The maximum atomic E-state index is 12.4. The van der Waals surface area contributed by atoms with E-state index < -0.39 is 0 Å². The molecule has 1 unspecified atom stereocenters. The molecule has 1 aliphatic rings. The van der Waals surface area contributed by atoms with E-state index >= 15 is 0 Å². The van der Waals surface area contributed by atoms with Crippen LogP contribution in [0.2, 0.25) is 0 Å². The zero-order valence-corrected chi connectivity index (χ0v) is 26.1. The van der Waals surface area contributed by atoms with E-state index in [1.807, 2.05) is 49.4 Å². The topological polar surface area (TPSA) is 26.3 Å². The highest BCUT2D eigenvalue weighted by atomic mass is 16.5. The van der Waals surface area contributed by atoms with Gasteiger partial charge in [0.05, 0.1) is 0 Å². The number of hydrogen-bond acceptors (Lipinski definition) is 2. The van der Waals surface area contributed by atoms with Gasteiger partial charge in [-0.05, 0) is 101 Å². The van der Waals surface area contributed by atoms with Crippen LogP contribution in [0.1, 0.15) is 93.1 Å². The molecule has 0 bridgehead atoms. The lowest BCUT2D eigenvalue weighted by atomic mass is 9.72. The molecule has 2 nitrogen and oxygen atoms in total. The zero-order valence-electron chi connectivity index (χ0n) is 26.1. The molecule has 0 heterocycles. The molecular weight excluding hydrogens is 488 g/mol. The molecular formula is C38H50O2. The second kappa shape index (κ2) is 15.4. The van der Waals surface area contributed by atoms with Gasteiger partial charge in [-0.2, -0.15) is 0 Å². The van der Waals surface area contributed by atoms with E-state index in [-0.39, 0.29) is 16.8 Å². The van der Waals surface area contributed by atoms with Crippen LogP contribution in [0.25, 0.3) is 6.08 Å². The molecule has 40 heavy (non-hydrogen) atoms. The van der Waals surface area contributed by atoms with Crippen molar-refractivity contribution in [2.75, 3.05) is 0 Å². The molecule has 0 spiro atoms. The van der Waals surface area contributed by atoms with E-state index in [0.29, 0.717) is 5.75 Å². The van der Waals surface area contributed by atoms with Crippen molar-refractivity contribution in [3.63, 3.8) is 0 Å². The van der Waals surface area contributed by atoms with Gasteiger partial charge >= 0.3 is 5.97 Å². The number of esters is 1. The molecule has 2 heteroatoms. The van der Waals surface area contributed by atoms with Crippen molar-refractivity contribution in [2.45, 2.75) is 87.5 Å². The van der Waals surface area contributed by atoms with Crippen LogP contribution in [0, 0.1) is 10.8 Å². The first kappa shape index (κ1) is 32.8. The molecule has 1 aliphatic carbocycles. The summed E-state index contributed by atoms with van der Waals surface area (Å²) >= 11 is 0. The SMILES string of the molecule is C=CC(C)(/C=C/c1ccc(OC(=O)\C=C(C)/C=C/C=C(C)/C=C/C2=C(C)CCCC2(C)C)cc1)CCC=C(C)C. The fraction of sp³-hybridized carbons (Fsp3) is 0.395. The second-order valence-corrected chi connectivity index (χ2v) is 12.3. The molecule has 0 aromatic heterocycles. The van der Waals surface area contributed by atoms with Crippen LogP contribution in [0.15, 0.2) is 113 Å². The van der Waals surface area contributed by atoms with Crippen molar-refractivity contribution < 1.29 is 9.53 Å². The highest BCUT2D eigenvalue weighted by molar-refractivity contribution is 5.85. The molecule has 214 valence electrons. The molecule has 0 aliphatic heterocycles. The summed E-state index contributed by atoms with van der Waals surface area (Å²) in [6.45, 7) is 21.4. The minimum atomic E-state index is -0.383. The third-order valence-electron chi connectivity index (χ3n) is 7.58. The molecule has 0 N–H and O–H groups in total. The predicted octanol–water partition coefficient (Wildman–Crippen LogP) is 11.1. The lowest BCUT2D eigenvalue weighted by Gasteiger charge is -2.32. The Morgan fingerprint density at radius 1 is 1.05 bits per heavy atom. The minimum Gasteiger partial charge on any atom is -0.423 e. The number of hydrogen-bond donors (Lipinski definition) is 0. The fourth-order valence-electron chi connectivity index (χ4n) is 4.87. The summed E-state index contributed by atoms with van der Waals surface area (Å²) in [5, 5.41) is 0. The van der Waals surface area contributed by atoms with E-state index in [9.17, 15) is 4.79 Å². The van der Waals surface area contributed by atoms with Crippen LogP contribution in [0.4, 0.5) is 0 Å². The monoisotopic (exact) mass is 538 g/mol. The van der Waals surface area contributed by atoms with Crippen LogP contribution in [0.5, 0.6) is 5.75 Å². The summed E-state index contributed by atoms with van der Waals surface area (Å²) in [5.74, 6) is 0.146. The molecule has 1 aromatic rings. The van der Waals surface area contributed by atoms with Gasteiger partial charge in [0.15, 0.2) is 0 Å². The normalized spacial score (nSPS) is 17.9. The van der Waals surface area contributed by atoms with Gasteiger partial charge in [0.1, 0.15) is 5.75 Å². The molecule has 2 rings (SSSR count). The van der Waals surface area contributed by atoms with Crippen LogP contribution in [-0.4, -0.2) is 5.97 Å². The van der Waals surface area contributed by atoms with Gasteiger partial charge in [0.2, 0.25) is 0 Å². The molecule has 1 aromatic carbocycles. The lowest BCUT2D eigenvalue weighted by Crippen LogP contribution is -2.19. The summed E-state index contributed by atoms with van der Waals surface area (Å²) in [6.07, 6.45) is 26.3. The van der Waals surface area contributed by atoms with Crippen molar-refractivity contribution in [3.8, 4) is 5.75 Å². The molecule has 0 amide bonds. The molecule has 0 saturated heterocycles. The Morgan fingerprint density at radius 3 is 2.38 bits per heavy atom. The van der Waals surface area contributed by atoms with Crippen molar-refractivity contribution in [3.05, 3.63) is 119 Å². The highest BCUT2D eigenvalue weighted by Crippen LogP contribution is 2.40. The Balaban J connectivity index is 1.93. The first-order valence-electron chi connectivity index (χ1n) is 14.5. The predicted molar refractivity (Wildman–Crippen MR) is 174 cm³/mol. The first-order chi connectivity index (χ1) is 18.8. The van der Waals surface area contributed by atoms with Gasteiger partial charge in [-0.1, -0.05) is 104 Å². The largest absolute Gasteiger partial charge is 0.423 e. The van der Waals surface area contributed by atoms with E-state index in [2.05, 4.69) is 91.5 Å². The summed E-state index contributed by atoms with van der Waals surface area (Å²) < 4.78 is 5.52. The lowest BCUT2D eigenvalue weighted by molar-refractivity contribution is -0.129. The van der Waals surface area contributed by atoms with Gasteiger partial charge in [0, 0.05) is 11.5 Å².